The van der Waals surface area contributed by atoms with Crippen molar-refractivity contribution in [2.75, 3.05) is 0 Å². The molecule has 5 heteroatoms. The first-order valence-electron chi connectivity index (χ1n) is 6.31. The number of fused-ring (bicyclic) bond motifs is 2. The van der Waals surface area contributed by atoms with Crippen molar-refractivity contribution in [1.82, 2.24) is 15.1 Å². The van der Waals surface area contributed by atoms with Gasteiger partial charge in [0.1, 0.15) is 23.7 Å². The predicted molar refractivity (Wildman–Crippen MR) is 68.8 cm³/mol. The van der Waals surface area contributed by atoms with Gasteiger partial charge in [0.15, 0.2) is 6.33 Å². The molecule has 2 aromatic heterocycles. The van der Waals surface area contributed by atoms with Crippen LogP contribution in [0.5, 0.6) is 5.75 Å². The number of ether oxygens (including phenoxy) is 1. The fraction of sp³-hybridized carbons (Fsp3) is 0.214. The zero-order valence-electron chi connectivity index (χ0n) is 10.5. The van der Waals surface area contributed by atoms with Crippen LogP contribution in [-0.2, 0) is 6.42 Å². The summed E-state index contributed by atoms with van der Waals surface area (Å²) in [6.07, 6.45) is 4.65. The van der Waals surface area contributed by atoms with Crippen molar-refractivity contribution in [3.05, 3.63) is 42.4 Å². The van der Waals surface area contributed by atoms with Crippen LogP contribution in [0.3, 0.4) is 0 Å². The normalized spacial score (nSPS) is 17.4. The molecule has 1 atom stereocenters. The van der Waals surface area contributed by atoms with Gasteiger partial charge < -0.3 is 4.74 Å². The summed E-state index contributed by atoms with van der Waals surface area (Å²) in [6.45, 7) is 2.09. The second-order valence-electron chi connectivity index (χ2n) is 4.81. The summed E-state index contributed by atoms with van der Waals surface area (Å²) in [5, 5.41) is 3.07. The van der Waals surface area contributed by atoms with Crippen LogP contribution in [0.2, 0.25) is 0 Å². The third kappa shape index (κ3) is 1.58. The van der Waals surface area contributed by atoms with Crippen molar-refractivity contribution in [2.45, 2.75) is 19.4 Å². The molecule has 0 radical (unpaired) electrons. The van der Waals surface area contributed by atoms with E-state index < -0.39 is 0 Å². The lowest BCUT2D eigenvalue weighted by Gasteiger charge is -2.03. The summed E-state index contributed by atoms with van der Waals surface area (Å²) in [6, 6.07) is 8.27. The first-order valence-corrected chi connectivity index (χ1v) is 6.31. The molecule has 94 valence electrons. The molecule has 0 unspecified atom stereocenters. The Kier molecular flexibility index (Phi) is 2.09. The van der Waals surface area contributed by atoms with Crippen LogP contribution in [0.4, 0.5) is 0 Å². The summed E-state index contributed by atoms with van der Waals surface area (Å²) >= 11 is 0. The van der Waals surface area contributed by atoms with Crippen molar-refractivity contribution in [1.29, 1.82) is 0 Å². The van der Waals surface area contributed by atoms with Gasteiger partial charge in [0, 0.05) is 18.1 Å². The molecular weight excluding hydrogens is 240 g/mol. The second kappa shape index (κ2) is 3.78. The van der Waals surface area contributed by atoms with E-state index in [9.17, 15) is 0 Å². The number of aromatic nitrogens is 4. The number of H-pyrrole nitrogens is 1. The minimum Gasteiger partial charge on any atom is -0.490 e. The van der Waals surface area contributed by atoms with Crippen molar-refractivity contribution in [3.8, 4) is 17.0 Å². The van der Waals surface area contributed by atoms with Crippen LogP contribution < -0.4 is 9.25 Å². The van der Waals surface area contributed by atoms with Crippen molar-refractivity contribution >= 4 is 5.78 Å². The van der Waals surface area contributed by atoms with E-state index in [0.29, 0.717) is 5.78 Å². The molecule has 3 aromatic rings. The molecule has 1 N–H and O–H groups in total. The van der Waals surface area contributed by atoms with E-state index in [2.05, 4.69) is 34.1 Å². The lowest BCUT2D eigenvalue weighted by Crippen LogP contribution is -2.27. The van der Waals surface area contributed by atoms with Gasteiger partial charge in [-0.2, -0.15) is 0 Å². The molecule has 5 nitrogen and oxygen atoms in total. The van der Waals surface area contributed by atoms with Gasteiger partial charge in [-0.3, -0.25) is 0 Å². The van der Waals surface area contributed by atoms with E-state index in [1.165, 1.54) is 5.56 Å². The van der Waals surface area contributed by atoms with Crippen molar-refractivity contribution < 1.29 is 9.25 Å². The highest BCUT2D eigenvalue weighted by Crippen LogP contribution is 2.31. The third-order valence-corrected chi connectivity index (χ3v) is 3.42. The van der Waals surface area contributed by atoms with Crippen LogP contribution in [0.1, 0.15) is 12.5 Å². The maximum Gasteiger partial charge on any atom is 0.457 e. The molecule has 19 heavy (non-hydrogen) atoms. The molecule has 0 bridgehead atoms. The molecule has 4 rings (SSSR count). The van der Waals surface area contributed by atoms with E-state index in [1.54, 1.807) is 12.5 Å². The van der Waals surface area contributed by atoms with Gasteiger partial charge >= 0.3 is 5.78 Å². The molecule has 3 heterocycles. The average Bonchev–Trinajstić information content (AvgIpc) is 3.01. The number of rotatable bonds is 1. The Hall–Kier alpha value is -2.43. The predicted octanol–water partition coefficient (Wildman–Crippen LogP) is 1.53. The van der Waals surface area contributed by atoms with Gasteiger partial charge in [-0.1, -0.05) is 9.97 Å². The number of benzene rings is 1. The lowest BCUT2D eigenvalue weighted by atomic mass is 10.0. The van der Waals surface area contributed by atoms with Gasteiger partial charge in [0.25, 0.3) is 0 Å². The van der Waals surface area contributed by atoms with Gasteiger partial charge in [-0.05, 0) is 30.7 Å². The van der Waals surface area contributed by atoms with Crippen LogP contribution in [0.25, 0.3) is 17.0 Å². The molecule has 1 aliphatic heterocycles. The summed E-state index contributed by atoms with van der Waals surface area (Å²) in [7, 11) is 0. The molecule has 0 spiro atoms. The Balaban J connectivity index is 1.89. The Morgan fingerprint density at radius 1 is 1.32 bits per heavy atom. The topological polar surface area (TPSA) is 54.9 Å². The van der Waals surface area contributed by atoms with Crippen molar-refractivity contribution in [2.24, 2.45) is 0 Å². The third-order valence-electron chi connectivity index (χ3n) is 3.42. The summed E-state index contributed by atoms with van der Waals surface area (Å²) < 4.78 is 7.61. The van der Waals surface area contributed by atoms with Crippen LogP contribution in [-0.4, -0.2) is 21.2 Å². The molecule has 0 amide bonds. The minimum atomic E-state index is 0.266. The van der Waals surface area contributed by atoms with Gasteiger partial charge in [0.2, 0.25) is 0 Å². The summed E-state index contributed by atoms with van der Waals surface area (Å²) in [4.78, 5) is 8.37. The van der Waals surface area contributed by atoms with E-state index >= 15 is 0 Å². The molecule has 0 saturated heterocycles. The fourth-order valence-electron chi connectivity index (χ4n) is 2.58. The summed E-state index contributed by atoms with van der Waals surface area (Å²) in [5.74, 6) is 1.67. The van der Waals surface area contributed by atoms with Crippen LogP contribution in [0, 0.1) is 0 Å². The molecule has 0 saturated carbocycles. The monoisotopic (exact) mass is 253 g/mol. The molecule has 0 fully saturated rings. The first kappa shape index (κ1) is 10.5. The van der Waals surface area contributed by atoms with E-state index in [4.69, 9.17) is 4.74 Å². The van der Waals surface area contributed by atoms with E-state index in [-0.39, 0.29) is 6.10 Å². The first-order chi connectivity index (χ1) is 9.31. The highest BCUT2D eigenvalue weighted by Gasteiger charge is 2.20. The quantitative estimate of drug-likeness (QED) is 0.669. The van der Waals surface area contributed by atoms with Crippen LogP contribution >= 0.6 is 0 Å². The number of nitrogens with one attached hydrogen (secondary N) is 1. The molecule has 1 aromatic carbocycles. The highest BCUT2D eigenvalue weighted by molar-refractivity contribution is 5.60. The standard InChI is InChI=1S/C14H12N4O/c1-9-6-11-7-10(2-3-13(11)19-9)12-4-5-15-14-16-8-17-18(12)14/h2-5,7-9H,6H2,1H3/p+1/t9-/m0/s1. The zero-order chi connectivity index (χ0) is 12.8. The van der Waals surface area contributed by atoms with Gasteiger partial charge in [-0.15, -0.1) is 4.52 Å². The van der Waals surface area contributed by atoms with Crippen LogP contribution in [0.15, 0.2) is 36.8 Å². The van der Waals surface area contributed by atoms with E-state index in [1.807, 2.05) is 16.6 Å². The highest BCUT2D eigenvalue weighted by atomic mass is 16.5. The number of hydrogen-bond acceptors (Lipinski definition) is 3. The summed E-state index contributed by atoms with van der Waals surface area (Å²) in [5.41, 5.74) is 3.44. The smallest absolute Gasteiger partial charge is 0.457 e. The molecule has 0 aliphatic carbocycles. The Morgan fingerprint density at radius 2 is 2.26 bits per heavy atom. The Morgan fingerprint density at radius 3 is 3.21 bits per heavy atom. The maximum absolute atomic E-state index is 5.73. The lowest BCUT2D eigenvalue weighted by molar-refractivity contribution is -0.568. The Labute approximate surface area is 109 Å². The molecule has 1 aliphatic rings. The number of nitrogens with zero attached hydrogens (tertiary/aromatic N) is 3. The minimum absolute atomic E-state index is 0.266. The van der Waals surface area contributed by atoms with Crippen molar-refractivity contribution in [3.63, 3.8) is 0 Å². The maximum atomic E-state index is 5.73. The van der Waals surface area contributed by atoms with E-state index in [0.717, 1.165) is 23.4 Å². The number of aromatic amines is 1. The van der Waals surface area contributed by atoms with Gasteiger partial charge in [-0.25, -0.2) is 5.10 Å². The number of hydrogen-bond donors (Lipinski definition) is 1. The van der Waals surface area contributed by atoms with Gasteiger partial charge in [0.05, 0.1) is 0 Å². The zero-order valence-corrected chi connectivity index (χ0v) is 10.5. The second-order valence-corrected chi connectivity index (χ2v) is 4.81. The Bertz CT molecular complexity index is 765. The molecular formula is C14H13N4O+. The average molecular weight is 253 g/mol. The SMILES string of the molecule is C[C@H]1Cc2cc(-c3ccnc4nc[nH][n+]34)ccc2O1. The fourth-order valence-corrected chi connectivity index (χ4v) is 2.58. The largest absolute Gasteiger partial charge is 0.490 e.